The second-order valence-corrected chi connectivity index (χ2v) is 6.89. The van der Waals surface area contributed by atoms with E-state index in [0.717, 1.165) is 4.47 Å². The maximum absolute atomic E-state index is 12.1. The third-order valence-electron chi connectivity index (χ3n) is 2.84. The van der Waals surface area contributed by atoms with E-state index in [2.05, 4.69) is 53.1 Å². The highest BCUT2D eigenvalue weighted by Crippen LogP contribution is 2.35. The minimum absolute atomic E-state index is 0.343. The lowest BCUT2D eigenvalue weighted by Crippen LogP contribution is -2.30. The smallest absolute Gasteiger partial charge is 0.332 e. The summed E-state index contributed by atoms with van der Waals surface area (Å²) in [6, 6.07) is 3.60. The normalized spacial score (nSPS) is 21.8. The van der Waals surface area contributed by atoms with E-state index in [0.29, 0.717) is 27.5 Å². The fourth-order valence-corrected chi connectivity index (χ4v) is 4.33. The molecule has 1 amide bonds. The van der Waals surface area contributed by atoms with Crippen LogP contribution in [0.2, 0.25) is 0 Å². The maximum atomic E-state index is 12.1. The first kappa shape index (κ1) is 15.9. The van der Waals surface area contributed by atoms with Gasteiger partial charge in [-0.1, -0.05) is 15.9 Å². The van der Waals surface area contributed by atoms with Gasteiger partial charge >= 0.3 is 5.97 Å². The van der Waals surface area contributed by atoms with Crippen LogP contribution in [-0.2, 0) is 14.3 Å². The van der Waals surface area contributed by atoms with Crippen LogP contribution in [0.3, 0.4) is 0 Å². The van der Waals surface area contributed by atoms with Crippen LogP contribution in [0, 0.1) is 0 Å². The van der Waals surface area contributed by atoms with Crippen molar-refractivity contribution in [2.75, 3.05) is 5.32 Å². The van der Waals surface area contributed by atoms with Gasteiger partial charge in [0.25, 0.3) is 5.91 Å². The van der Waals surface area contributed by atoms with Crippen LogP contribution >= 0.6 is 47.8 Å². The van der Waals surface area contributed by atoms with E-state index in [4.69, 9.17) is 9.84 Å². The number of hydrogen-bond donors (Lipinski definition) is 2. The van der Waals surface area contributed by atoms with Gasteiger partial charge in [-0.2, -0.15) is 0 Å². The zero-order valence-electron chi connectivity index (χ0n) is 10.0. The molecule has 0 spiro atoms. The van der Waals surface area contributed by atoms with Crippen LogP contribution in [0.15, 0.2) is 25.6 Å². The number of anilines is 1. The molecule has 1 aromatic carbocycles. The second kappa shape index (κ2) is 6.55. The number of ether oxygens (including phenoxy) is 1. The molecule has 1 aromatic rings. The van der Waals surface area contributed by atoms with Crippen molar-refractivity contribution in [3.63, 3.8) is 0 Å². The second-order valence-electron chi connectivity index (χ2n) is 4.26. The Hall–Kier alpha value is -0.440. The molecule has 20 heavy (non-hydrogen) atoms. The highest BCUT2D eigenvalue weighted by molar-refractivity contribution is 9.11. The zero-order chi connectivity index (χ0) is 14.9. The molecule has 2 N–H and O–H groups in total. The van der Waals surface area contributed by atoms with Gasteiger partial charge in [0.15, 0.2) is 6.10 Å². The number of carbonyl (C=O) groups is 2. The molecule has 1 aliphatic heterocycles. The summed E-state index contributed by atoms with van der Waals surface area (Å²) in [4.78, 5) is 22.9. The summed E-state index contributed by atoms with van der Waals surface area (Å²) in [5, 5.41) is 11.6. The molecule has 0 radical (unpaired) electrons. The summed E-state index contributed by atoms with van der Waals surface area (Å²) in [6.07, 6.45) is -0.897. The van der Waals surface area contributed by atoms with Gasteiger partial charge in [-0.15, -0.1) is 0 Å². The first-order chi connectivity index (χ1) is 9.38. The van der Waals surface area contributed by atoms with Crippen molar-refractivity contribution in [2.24, 2.45) is 0 Å². The largest absolute Gasteiger partial charge is 0.479 e. The van der Waals surface area contributed by atoms with Gasteiger partial charge in [-0.3, -0.25) is 4.79 Å². The van der Waals surface area contributed by atoms with Crippen molar-refractivity contribution in [1.29, 1.82) is 0 Å². The topological polar surface area (TPSA) is 75.6 Å². The van der Waals surface area contributed by atoms with E-state index in [1.165, 1.54) is 0 Å². The molecular weight excluding hydrogens is 462 g/mol. The fraction of sp³-hybridized carbons (Fsp3) is 0.333. The number of benzene rings is 1. The minimum Gasteiger partial charge on any atom is -0.479 e. The summed E-state index contributed by atoms with van der Waals surface area (Å²) in [7, 11) is 0. The number of nitrogens with one attached hydrogen (secondary N) is 1. The molecule has 1 fully saturated rings. The summed E-state index contributed by atoms with van der Waals surface area (Å²) in [6.45, 7) is 0. The Labute approximate surface area is 140 Å². The third kappa shape index (κ3) is 3.60. The Balaban J connectivity index is 2.08. The van der Waals surface area contributed by atoms with Crippen molar-refractivity contribution < 1.29 is 19.4 Å². The number of carboxylic acids is 1. The highest BCUT2D eigenvalue weighted by atomic mass is 79.9. The number of aliphatic carboxylic acids is 1. The molecule has 0 saturated carbocycles. The molecule has 5 nitrogen and oxygen atoms in total. The number of carbonyl (C=O) groups excluding carboxylic acids is 1. The molecule has 0 unspecified atom stereocenters. The summed E-state index contributed by atoms with van der Waals surface area (Å²) in [5.74, 6) is -1.39. The number of hydrogen-bond acceptors (Lipinski definition) is 3. The molecule has 1 heterocycles. The molecule has 2 atom stereocenters. The van der Waals surface area contributed by atoms with Crippen molar-refractivity contribution in [3.05, 3.63) is 25.6 Å². The number of amides is 1. The lowest BCUT2D eigenvalue weighted by atomic mass is 10.2. The molecule has 2 rings (SSSR count). The van der Waals surface area contributed by atoms with Crippen LogP contribution in [0.5, 0.6) is 0 Å². The van der Waals surface area contributed by atoms with Gasteiger partial charge in [0.1, 0.15) is 6.10 Å². The first-order valence-corrected chi connectivity index (χ1v) is 8.10. The maximum Gasteiger partial charge on any atom is 0.332 e. The fourth-order valence-electron chi connectivity index (χ4n) is 1.88. The summed E-state index contributed by atoms with van der Waals surface area (Å²) in [5.41, 5.74) is 0.584. The van der Waals surface area contributed by atoms with Crippen molar-refractivity contribution in [3.8, 4) is 0 Å². The molecule has 0 bridgehead atoms. The average Bonchev–Trinajstić information content (AvgIpc) is 2.83. The number of halogens is 3. The van der Waals surface area contributed by atoms with Crippen LogP contribution in [0.25, 0.3) is 0 Å². The lowest BCUT2D eigenvalue weighted by Gasteiger charge is -2.14. The van der Waals surface area contributed by atoms with Gasteiger partial charge in [0.2, 0.25) is 0 Å². The summed E-state index contributed by atoms with van der Waals surface area (Å²) < 4.78 is 7.48. The Morgan fingerprint density at radius 3 is 2.20 bits per heavy atom. The molecule has 0 aromatic heterocycles. The number of rotatable bonds is 3. The van der Waals surface area contributed by atoms with E-state index in [-0.39, 0.29) is 5.91 Å². The van der Waals surface area contributed by atoms with Gasteiger partial charge in [0.05, 0.1) is 5.69 Å². The molecule has 108 valence electrons. The molecule has 1 aliphatic rings. The number of carboxylic acid groups (broad SMARTS) is 1. The van der Waals surface area contributed by atoms with Gasteiger partial charge in [-0.25, -0.2) is 4.79 Å². The Morgan fingerprint density at radius 2 is 1.70 bits per heavy atom. The van der Waals surface area contributed by atoms with Gasteiger partial charge in [0, 0.05) is 13.4 Å². The van der Waals surface area contributed by atoms with E-state index in [1.54, 1.807) is 12.1 Å². The zero-order valence-corrected chi connectivity index (χ0v) is 14.8. The average molecular weight is 472 g/mol. The van der Waals surface area contributed by atoms with E-state index in [9.17, 15) is 9.59 Å². The monoisotopic (exact) mass is 469 g/mol. The Morgan fingerprint density at radius 1 is 1.15 bits per heavy atom. The van der Waals surface area contributed by atoms with Crippen LogP contribution in [0.4, 0.5) is 5.69 Å². The standard InChI is InChI=1S/C12H10Br3NO4/c13-5-3-6(14)10(7(15)4-5)16-11(17)8-1-2-9(20-8)12(18)19/h3-4,8-9H,1-2H2,(H,16,17)(H,18,19)/t8-,9+/m0/s1. The SMILES string of the molecule is O=C(Nc1c(Br)cc(Br)cc1Br)[C@@H]1CC[C@H](C(=O)O)O1. The molecular formula is C12H10Br3NO4. The Bertz CT molecular complexity index is 541. The van der Waals surface area contributed by atoms with Crippen LogP contribution < -0.4 is 5.32 Å². The predicted molar refractivity (Wildman–Crippen MR) is 83.7 cm³/mol. The first-order valence-electron chi connectivity index (χ1n) is 5.72. The van der Waals surface area contributed by atoms with Crippen molar-refractivity contribution >= 4 is 65.4 Å². The van der Waals surface area contributed by atoms with Crippen LogP contribution in [0.1, 0.15) is 12.8 Å². The van der Waals surface area contributed by atoms with E-state index < -0.39 is 18.2 Å². The van der Waals surface area contributed by atoms with Crippen molar-refractivity contribution in [1.82, 2.24) is 0 Å². The van der Waals surface area contributed by atoms with E-state index in [1.807, 2.05) is 0 Å². The summed E-state index contributed by atoms with van der Waals surface area (Å²) >= 11 is 10.1. The Kier molecular flexibility index (Phi) is 5.22. The third-order valence-corrected chi connectivity index (χ3v) is 4.55. The minimum atomic E-state index is -1.04. The lowest BCUT2D eigenvalue weighted by molar-refractivity contribution is -0.150. The van der Waals surface area contributed by atoms with Crippen LogP contribution in [-0.4, -0.2) is 29.2 Å². The van der Waals surface area contributed by atoms with Gasteiger partial charge < -0.3 is 15.2 Å². The highest BCUT2D eigenvalue weighted by Gasteiger charge is 2.35. The molecule has 8 heteroatoms. The van der Waals surface area contributed by atoms with E-state index >= 15 is 0 Å². The van der Waals surface area contributed by atoms with Gasteiger partial charge in [-0.05, 0) is 56.8 Å². The predicted octanol–water partition coefficient (Wildman–Crippen LogP) is 3.54. The van der Waals surface area contributed by atoms with Crippen molar-refractivity contribution in [2.45, 2.75) is 25.0 Å². The molecule has 0 aliphatic carbocycles. The molecule has 1 saturated heterocycles. The quantitative estimate of drug-likeness (QED) is 0.707.